The van der Waals surface area contributed by atoms with Gasteiger partial charge in [-0.05, 0) is 13.8 Å². The number of methoxy groups -OCH3 is 1. The number of nitrogens with zero attached hydrogens (tertiary/aromatic N) is 1. The van der Waals surface area contributed by atoms with Crippen LogP contribution in [0.5, 0.6) is 0 Å². The third-order valence-corrected chi connectivity index (χ3v) is 3.30. The lowest BCUT2D eigenvalue weighted by atomic mass is 10.3. The van der Waals surface area contributed by atoms with Crippen LogP contribution in [-0.4, -0.2) is 37.7 Å². The molecule has 1 atom stereocenters. The highest BCUT2D eigenvalue weighted by Gasteiger charge is 2.10. The van der Waals surface area contributed by atoms with Gasteiger partial charge in [-0.15, -0.1) is 11.3 Å². The second-order valence-corrected chi connectivity index (χ2v) is 5.02. The highest BCUT2D eigenvalue weighted by molar-refractivity contribution is 7.11. The maximum atomic E-state index is 11.4. The molecule has 0 bridgehead atoms. The Bertz CT molecular complexity index is 354. The van der Waals surface area contributed by atoms with Crippen LogP contribution in [0.3, 0.4) is 0 Å². The maximum Gasteiger partial charge on any atom is 0.234 e. The molecule has 0 radical (unpaired) electrons. The number of thiazole rings is 1. The van der Waals surface area contributed by atoms with Gasteiger partial charge >= 0.3 is 0 Å². The van der Waals surface area contributed by atoms with E-state index in [1.807, 2.05) is 20.0 Å². The van der Waals surface area contributed by atoms with E-state index in [2.05, 4.69) is 15.6 Å². The molecule has 0 aliphatic rings. The number of carbonyl (C=O) groups excluding carboxylic acids is 1. The third-order valence-electron chi connectivity index (χ3n) is 2.21. The van der Waals surface area contributed by atoms with Crippen molar-refractivity contribution in [3.63, 3.8) is 0 Å². The molecule has 0 spiro atoms. The predicted molar refractivity (Wildman–Crippen MR) is 68.2 cm³/mol. The number of aromatic nitrogens is 1. The average Bonchev–Trinajstić information content (AvgIpc) is 2.73. The normalized spacial score (nSPS) is 12.4. The number of nitrogens with one attached hydrogen (secondary N) is 2. The molecular formula is C11H19N3O2S. The van der Waals surface area contributed by atoms with Gasteiger partial charge in [0.05, 0.1) is 19.2 Å². The first kappa shape index (κ1) is 14.1. The van der Waals surface area contributed by atoms with E-state index in [0.717, 1.165) is 5.01 Å². The van der Waals surface area contributed by atoms with Gasteiger partial charge in [0.15, 0.2) is 0 Å². The molecule has 96 valence electrons. The van der Waals surface area contributed by atoms with Crippen molar-refractivity contribution < 1.29 is 9.53 Å². The van der Waals surface area contributed by atoms with E-state index in [9.17, 15) is 4.79 Å². The number of aryl methyl sites for hydroxylation is 1. The van der Waals surface area contributed by atoms with Crippen LogP contribution in [-0.2, 0) is 9.53 Å². The molecule has 1 rings (SSSR count). The molecule has 6 heteroatoms. The van der Waals surface area contributed by atoms with Crippen LogP contribution in [0.1, 0.15) is 22.9 Å². The molecule has 0 saturated heterocycles. The quantitative estimate of drug-likeness (QED) is 0.711. The zero-order chi connectivity index (χ0) is 12.7. The maximum absolute atomic E-state index is 11.4. The second kappa shape index (κ2) is 7.37. The molecule has 0 fully saturated rings. The molecule has 1 unspecified atom stereocenters. The molecule has 1 aromatic rings. The van der Waals surface area contributed by atoms with E-state index in [1.165, 1.54) is 4.88 Å². The minimum absolute atomic E-state index is 0.0258. The molecule has 0 aliphatic carbocycles. The first-order chi connectivity index (χ1) is 8.13. The molecular weight excluding hydrogens is 238 g/mol. The molecule has 0 aliphatic heterocycles. The Hall–Kier alpha value is -0.980. The Labute approximate surface area is 106 Å². The lowest BCUT2D eigenvalue weighted by Crippen LogP contribution is -2.36. The summed E-state index contributed by atoms with van der Waals surface area (Å²) in [5.74, 6) is -0.0258. The molecule has 0 saturated carbocycles. The summed E-state index contributed by atoms with van der Waals surface area (Å²) >= 11 is 1.64. The topological polar surface area (TPSA) is 63.2 Å². The summed E-state index contributed by atoms with van der Waals surface area (Å²) in [7, 11) is 1.61. The summed E-state index contributed by atoms with van der Waals surface area (Å²) in [5, 5.41) is 6.89. The molecule has 17 heavy (non-hydrogen) atoms. The number of rotatable bonds is 7. The monoisotopic (exact) mass is 257 g/mol. The SMILES string of the molecule is COCCNC(=O)CNC(C)c1ncc(C)s1. The molecule has 1 amide bonds. The number of hydrogen-bond acceptors (Lipinski definition) is 5. The molecule has 2 N–H and O–H groups in total. The zero-order valence-electron chi connectivity index (χ0n) is 10.4. The van der Waals surface area contributed by atoms with Gasteiger partial charge in [-0.3, -0.25) is 10.1 Å². The van der Waals surface area contributed by atoms with Crippen molar-refractivity contribution >= 4 is 17.2 Å². The fourth-order valence-corrected chi connectivity index (χ4v) is 2.06. The van der Waals surface area contributed by atoms with Crippen molar-refractivity contribution in [1.82, 2.24) is 15.6 Å². The summed E-state index contributed by atoms with van der Waals surface area (Å²) in [4.78, 5) is 16.9. The molecule has 5 nitrogen and oxygen atoms in total. The highest BCUT2D eigenvalue weighted by Crippen LogP contribution is 2.18. The molecule has 0 aromatic carbocycles. The van der Waals surface area contributed by atoms with Crippen molar-refractivity contribution in [2.45, 2.75) is 19.9 Å². The van der Waals surface area contributed by atoms with E-state index >= 15 is 0 Å². The highest BCUT2D eigenvalue weighted by atomic mass is 32.1. The predicted octanol–water partition coefficient (Wildman–Crippen LogP) is 0.865. The number of carbonyl (C=O) groups is 1. The fourth-order valence-electron chi connectivity index (χ4n) is 1.26. The zero-order valence-corrected chi connectivity index (χ0v) is 11.3. The van der Waals surface area contributed by atoms with Crippen LogP contribution in [0.15, 0.2) is 6.20 Å². The Morgan fingerprint density at radius 1 is 1.65 bits per heavy atom. The van der Waals surface area contributed by atoms with Gasteiger partial charge in [0.1, 0.15) is 5.01 Å². The number of amides is 1. The summed E-state index contributed by atoms with van der Waals surface area (Å²) < 4.78 is 4.85. The number of ether oxygens (including phenoxy) is 1. The van der Waals surface area contributed by atoms with Crippen molar-refractivity contribution in [1.29, 1.82) is 0 Å². The van der Waals surface area contributed by atoms with E-state index in [0.29, 0.717) is 19.7 Å². The Kier molecular flexibility index (Phi) is 6.10. The summed E-state index contributed by atoms with van der Waals surface area (Å²) in [6.07, 6.45) is 1.84. The number of hydrogen-bond donors (Lipinski definition) is 2. The van der Waals surface area contributed by atoms with Crippen molar-refractivity contribution in [2.24, 2.45) is 0 Å². The van der Waals surface area contributed by atoms with Gasteiger partial charge in [-0.25, -0.2) is 4.98 Å². The van der Waals surface area contributed by atoms with Crippen molar-refractivity contribution in [3.05, 3.63) is 16.1 Å². The second-order valence-electron chi connectivity index (χ2n) is 3.75. The lowest BCUT2D eigenvalue weighted by molar-refractivity contribution is -0.120. The summed E-state index contributed by atoms with van der Waals surface area (Å²) in [6.45, 7) is 5.39. The van der Waals surface area contributed by atoms with Crippen molar-refractivity contribution in [2.75, 3.05) is 26.8 Å². The van der Waals surface area contributed by atoms with Gasteiger partial charge in [-0.1, -0.05) is 0 Å². The van der Waals surface area contributed by atoms with Gasteiger partial charge in [0.2, 0.25) is 5.91 Å². The van der Waals surface area contributed by atoms with Crippen LogP contribution < -0.4 is 10.6 Å². The van der Waals surface area contributed by atoms with Crippen molar-refractivity contribution in [3.8, 4) is 0 Å². The largest absolute Gasteiger partial charge is 0.383 e. The molecule has 1 heterocycles. The molecule has 1 aromatic heterocycles. The van der Waals surface area contributed by atoms with E-state index in [-0.39, 0.29) is 11.9 Å². The Morgan fingerprint density at radius 2 is 2.41 bits per heavy atom. The van der Waals surface area contributed by atoms with E-state index < -0.39 is 0 Å². The first-order valence-electron chi connectivity index (χ1n) is 5.55. The first-order valence-corrected chi connectivity index (χ1v) is 6.36. The van der Waals surface area contributed by atoms with Crippen LogP contribution in [0, 0.1) is 6.92 Å². The minimum atomic E-state index is -0.0258. The third kappa shape index (κ3) is 5.25. The smallest absolute Gasteiger partial charge is 0.234 e. The minimum Gasteiger partial charge on any atom is -0.383 e. The summed E-state index contributed by atoms with van der Waals surface area (Å²) in [6, 6.07) is 0.0990. The lowest BCUT2D eigenvalue weighted by Gasteiger charge is -2.11. The van der Waals surface area contributed by atoms with Crippen LogP contribution >= 0.6 is 11.3 Å². The van der Waals surface area contributed by atoms with E-state index in [1.54, 1.807) is 18.4 Å². The fraction of sp³-hybridized carbons (Fsp3) is 0.636. The van der Waals surface area contributed by atoms with Gasteiger partial charge < -0.3 is 10.1 Å². The Morgan fingerprint density at radius 3 is 3.00 bits per heavy atom. The summed E-state index contributed by atoms with van der Waals surface area (Å²) in [5.41, 5.74) is 0. The van der Waals surface area contributed by atoms with E-state index in [4.69, 9.17) is 4.74 Å². The van der Waals surface area contributed by atoms with Gasteiger partial charge in [0.25, 0.3) is 0 Å². The van der Waals surface area contributed by atoms with Crippen LogP contribution in [0.25, 0.3) is 0 Å². The average molecular weight is 257 g/mol. The Balaban J connectivity index is 2.23. The van der Waals surface area contributed by atoms with Crippen LogP contribution in [0.4, 0.5) is 0 Å². The van der Waals surface area contributed by atoms with Crippen LogP contribution in [0.2, 0.25) is 0 Å². The standard InChI is InChI=1S/C11H19N3O2S/c1-8-6-14-11(17-8)9(2)13-7-10(15)12-4-5-16-3/h6,9,13H,4-5,7H2,1-3H3,(H,12,15). The van der Waals surface area contributed by atoms with Gasteiger partial charge in [0, 0.05) is 24.7 Å². The van der Waals surface area contributed by atoms with Gasteiger partial charge in [-0.2, -0.15) is 0 Å².